The van der Waals surface area contributed by atoms with Gasteiger partial charge in [-0.1, -0.05) is 12.1 Å². The van der Waals surface area contributed by atoms with Gasteiger partial charge in [0, 0.05) is 37.8 Å². The number of halogens is 3. The third-order valence-corrected chi connectivity index (χ3v) is 7.75. The quantitative estimate of drug-likeness (QED) is 0.411. The van der Waals surface area contributed by atoms with E-state index in [-0.39, 0.29) is 16.8 Å². The standard InChI is InChI=1S/C26H27F3N6O2/c1-32-7-6-17(11-32)18-8-21(26(27,28)29)22-13-34(24(36)35(22)12-18)20-5-3-4-19(9-20)25(14-37-15-25)10-23-31-30-16-33(23)2/h3-5,8-9,12-13,16-17H,6-7,10-11,14-15H2,1-2H3. The average Bonchev–Trinajstić information content (AvgIpc) is 3.54. The zero-order valence-corrected chi connectivity index (χ0v) is 20.6. The van der Waals surface area contributed by atoms with Crippen molar-refractivity contribution in [1.29, 1.82) is 0 Å². The fourth-order valence-electron chi connectivity index (χ4n) is 5.53. The maximum Gasteiger partial charge on any atom is 0.418 e. The molecule has 2 aliphatic rings. The monoisotopic (exact) mass is 512 g/mol. The number of alkyl halides is 3. The van der Waals surface area contributed by atoms with Crippen LogP contribution in [0, 0.1) is 0 Å². The molecule has 11 heteroatoms. The molecule has 0 saturated carbocycles. The van der Waals surface area contributed by atoms with E-state index in [1.807, 2.05) is 36.9 Å². The number of pyridine rings is 1. The first-order valence-corrected chi connectivity index (χ1v) is 12.2. The summed E-state index contributed by atoms with van der Waals surface area (Å²) in [6.07, 6.45) is 1.27. The molecule has 8 nitrogen and oxygen atoms in total. The summed E-state index contributed by atoms with van der Waals surface area (Å²) in [6, 6.07) is 8.58. The van der Waals surface area contributed by atoms with Crippen molar-refractivity contribution >= 4 is 5.52 Å². The van der Waals surface area contributed by atoms with Gasteiger partial charge in [0.25, 0.3) is 0 Å². The molecule has 0 spiro atoms. The van der Waals surface area contributed by atoms with Gasteiger partial charge in [0.2, 0.25) is 0 Å². The molecule has 0 aliphatic carbocycles. The highest BCUT2D eigenvalue weighted by molar-refractivity contribution is 5.58. The van der Waals surface area contributed by atoms with Gasteiger partial charge in [-0.15, -0.1) is 10.2 Å². The van der Waals surface area contributed by atoms with Crippen molar-refractivity contribution < 1.29 is 17.9 Å². The highest BCUT2D eigenvalue weighted by atomic mass is 19.4. The summed E-state index contributed by atoms with van der Waals surface area (Å²) < 4.78 is 52.2. The molecular formula is C26H27F3N6O2. The molecule has 37 heavy (non-hydrogen) atoms. The third kappa shape index (κ3) is 4.06. The molecule has 3 aromatic heterocycles. The Kier molecular flexibility index (Phi) is 5.53. The summed E-state index contributed by atoms with van der Waals surface area (Å²) >= 11 is 0. The molecule has 4 aromatic rings. The predicted molar refractivity (Wildman–Crippen MR) is 130 cm³/mol. The number of likely N-dealkylation sites (N-methyl/N-ethyl adjacent to an activating group) is 1. The second kappa shape index (κ2) is 8.56. The van der Waals surface area contributed by atoms with Crippen LogP contribution in [0.1, 0.15) is 34.9 Å². The minimum Gasteiger partial charge on any atom is -0.379 e. The topological polar surface area (TPSA) is 69.6 Å². The number of likely N-dealkylation sites (tertiary alicyclic amines) is 1. The van der Waals surface area contributed by atoms with Gasteiger partial charge in [-0.2, -0.15) is 13.2 Å². The van der Waals surface area contributed by atoms with Crippen LogP contribution in [-0.2, 0) is 29.8 Å². The Morgan fingerprint density at radius 1 is 1.16 bits per heavy atom. The average molecular weight is 513 g/mol. The molecule has 0 radical (unpaired) electrons. The molecule has 6 rings (SSSR count). The molecule has 1 aromatic carbocycles. The second-order valence-corrected chi connectivity index (χ2v) is 10.3. The summed E-state index contributed by atoms with van der Waals surface area (Å²) in [6.45, 7) is 2.43. The number of aryl methyl sites for hydroxylation is 1. The molecule has 0 N–H and O–H groups in total. The number of hydrogen-bond acceptors (Lipinski definition) is 5. The Hall–Kier alpha value is -3.44. The van der Waals surface area contributed by atoms with Gasteiger partial charge in [-0.05, 0) is 55.3 Å². The zero-order valence-electron chi connectivity index (χ0n) is 20.6. The van der Waals surface area contributed by atoms with E-state index in [9.17, 15) is 18.0 Å². The van der Waals surface area contributed by atoms with E-state index in [4.69, 9.17) is 4.74 Å². The van der Waals surface area contributed by atoms with Crippen LogP contribution in [-0.4, -0.2) is 62.0 Å². The van der Waals surface area contributed by atoms with Crippen LogP contribution < -0.4 is 5.69 Å². The van der Waals surface area contributed by atoms with Crippen molar-refractivity contribution in [2.75, 3.05) is 33.4 Å². The fraction of sp³-hybridized carbons (Fsp3) is 0.423. The Morgan fingerprint density at radius 2 is 1.97 bits per heavy atom. The molecule has 194 valence electrons. The van der Waals surface area contributed by atoms with Gasteiger partial charge in [-0.3, -0.25) is 8.97 Å². The van der Waals surface area contributed by atoms with Crippen LogP contribution in [0.3, 0.4) is 0 Å². The van der Waals surface area contributed by atoms with Crippen molar-refractivity contribution in [3.05, 3.63) is 82.1 Å². The van der Waals surface area contributed by atoms with E-state index in [1.165, 1.54) is 16.8 Å². The van der Waals surface area contributed by atoms with Gasteiger partial charge >= 0.3 is 11.9 Å². The highest BCUT2D eigenvalue weighted by Gasteiger charge is 2.42. The van der Waals surface area contributed by atoms with Crippen LogP contribution in [0.25, 0.3) is 11.2 Å². The van der Waals surface area contributed by atoms with Crippen LogP contribution in [0.15, 0.2) is 53.8 Å². The van der Waals surface area contributed by atoms with Crippen molar-refractivity contribution in [3.8, 4) is 5.69 Å². The summed E-state index contributed by atoms with van der Waals surface area (Å²) in [5.74, 6) is 0.758. The SMILES string of the molecule is CN1CCC(c2cc(C(F)(F)F)c3cn(-c4cccc(C5(Cc6nncn6C)COC5)c4)c(=O)n3c2)C1. The van der Waals surface area contributed by atoms with Gasteiger partial charge in [0.1, 0.15) is 12.2 Å². The molecule has 5 heterocycles. The molecule has 2 saturated heterocycles. The first kappa shape index (κ1) is 23.9. The summed E-state index contributed by atoms with van der Waals surface area (Å²) in [4.78, 5) is 15.6. The van der Waals surface area contributed by atoms with E-state index in [2.05, 4.69) is 15.1 Å². The van der Waals surface area contributed by atoms with Crippen LogP contribution in [0.5, 0.6) is 0 Å². The van der Waals surface area contributed by atoms with Crippen LogP contribution in [0.4, 0.5) is 13.2 Å². The lowest BCUT2D eigenvalue weighted by molar-refractivity contribution is -0.136. The normalized spacial score (nSPS) is 20.0. The van der Waals surface area contributed by atoms with Gasteiger partial charge in [0.05, 0.1) is 30.0 Å². The molecule has 0 bridgehead atoms. The highest BCUT2D eigenvalue weighted by Crippen LogP contribution is 2.38. The molecule has 0 amide bonds. The molecule has 1 unspecified atom stereocenters. The second-order valence-electron chi connectivity index (χ2n) is 10.3. The van der Waals surface area contributed by atoms with Crippen LogP contribution in [0.2, 0.25) is 0 Å². The van der Waals surface area contributed by atoms with Gasteiger partial charge in [0.15, 0.2) is 0 Å². The third-order valence-electron chi connectivity index (χ3n) is 7.75. The summed E-state index contributed by atoms with van der Waals surface area (Å²) in [5, 5.41) is 8.16. The molecule has 1 atom stereocenters. The number of fused-ring (bicyclic) bond motifs is 1. The number of ether oxygens (including phenoxy) is 1. The van der Waals surface area contributed by atoms with Gasteiger partial charge in [-0.25, -0.2) is 4.79 Å². The summed E-state index contributed by atoms with van der Waals surface area (Å²) in [7, 11) is 3.82. The molecular weight excluding hydrogens is 485 g/mol. The van der Waals surface area contributed by atoms with Crippen LogP contribution >= 0.6 is 0 Å². The lowest BCUT2D eigenvalue weighted by Crippen LogP contribution is -2.49. The smallest absolute Gasteiger partial charge is 0.379 e. The molecule has 2 fully saturated rings. The van der Waals surface area contributed by atoms with Gasteiger partial charge < -0.3 is 14.2 Å². The maximum absolute atomic E-state index is 14.1. The van der Waals surface area contributed by atoms with Crippen molar-refractivity contribution in [1.82, 2.24) is 28.6 Å². The maximum atomic E-state index is 14.1. The van der Waals surface area contributed by atoms with E-state index < -0.39 is 17.4 Å². The van der Waals surface area contributed by atoms with Crippen molar-refractivity contribution in [2.24, 2.45) is 7.05 Å². The van der Waals surface area contributed by atoms with E-state index >= 15 is 0 Å². The van der Waals surface area contributed by atoms with E-state index in [0.717, 1.165) is 28.8 Å². The minimum atomic E-state index is -4.59. The number of aromatic nitrogens is 5. The Balaban J connectivity index is 1.44. The first-order chi connectivity index (χ1) is 17.6. The zero-order chi connectivity index (χ0) is 25.9. The number of rotatable bonds is 5. The lowest BCUT2D eigenvalue weighted by atomic mass is 9.75. The predicted octanol–water partition coefficient (Wildman–Crippen LogP) is 3.17. The summed E-state index contributed by atoms with van der Waals surface area (Å²) in [5.41, 5.74) is 0.151. The van der Waals surface area contributed by atoms with E-state index in [0.29, 0.717) is 37.4 Å². The van der Waals surface area contributed by atoms with Crippen molar-refractivity contribution in [3.63, 3.8) is 0 Å². The largest absolute Gasteiger partial charge is 0.418 e. The number of hydrogen-bond donors (Lipinski definition) is 0. The Morgan fingerprint density at radius 3 is 2.59 bits per heavy atom. The Bertz CT molecular complexity index is 1530. The lowest BCUT2D eigenvalue weighted by Gasteiger charge is -2.41. The van der Waals surface area contributed by atoms with Crippen molar-refractivity contribution in [2.45, 2.75) is 30.4 Å². The number of benzene rings is 1. The minimum absolute atomic E-state index is 0.0480. The molecule has 2 aliphatic heterocycles. The first-order valence-electron chi connectivity index (χ1n) is 12.2. The number of imidazole rings is 1. The Labute approximate surface area is 210 Å². The number of nitrogens with zero attached hydrogens (tertiary/aromatic N) is 6. The van der Waals surface area contributed by atoms with E-state index in [1.54, 1.807) is 18.6 Å². The fourth-order valence-corrected chi connectivity index (χ4v) is 5.53.